The molecule has 0 atom stereocenters. The Bertz CT molecular complexity index is 306. The third-order valence-corrected chi connectivity index (χ3v) is 2.29. The molecule has 0 heterocycles. The average molecular weight is 203 g/mol. The van der Waals surface area contributed by atoms with E-state index < -0.39 is 0 Å². The Balaban J connectivity index is 2.49. The number of hydrogen-bond acceptors (Lipinski definition) is 1. The predicted octanol–water partition coefficient (Wildman–Crippen LogP) is 3.32. The molecule has 0 aliphatic carbocycles. The van der Waals surface area contributed by atoms with Crippen LogP contribution in [-0.4, -0.2) is 13.1 Å². The quantitative estimate of drug-likeness (QED) is 0.724. The predicted molar refractivity (Wildman–Crippen MR) is 68.1 cm³/mol. The molecule has 0 aromatic heterocycles. The molecule has 0 radical (unpaired) electrons. The van der Waals surface area contributed by atoms with Gasteiger partial charge in [-0.2, -0.15) is 0 Å². The van der Waals surface area contributed by atoms with Gasteiger partial charge < -0.3 is 5.32 Å². The van der Waals surface area contributed by atoms with Gasteiger partial charge in [0.15, 0.2) is 0 Å². The van der Waals surface area contributed by atoms with Gasteiger partial charge in [-0.1, -0.05) is 48.4 Å². The van der Waals surface area contributed by atoms with Crippen LogP contribution in [-0.2, 0) is 0 Å². The first kappa shape index (κ1) is 12.0. The van der Waals surface area contributed by atoms with E-state index in [9.17, 15) is 0 Å². The lowest BCUT2D eigenvalue weighted by molar-refractivity contribution is 0.727. The fraction of sp³-hybridized carbons (Fsp3) is 0.429. The van der Waals surface area contributed by atoms with Crippen LogP contribution in [0.1, 0.15) is 30.0 Å². The molecule has 0 saturated heterocycles. The van der Waals surface area contributed by atoms with Gasteiger partial charge in [0, 0.05) is 0 Å². The van der Waals surface area contributed by atoms with Crippen LogP contribution < -0.4 is 5.32 Å². The zero-order valence-corrected chi connectivity index (χ0v) is 10.0. The van der Waals surface area contributed by atoms with Gasteiger partial charge in [-0.15, -0.1) is 0 Å². The summed E-state index contributed by atoms with van der Waals surface area (Å²) in [7, 11) is 0. The van der Waals surface area contributed by atoms with E-state index in [2.05, 4.69) is 56.4 Å². The van der Waals surface area contributed by atoms with Crippen LogP contribution in [0.4, 0.5) is 0 Å². The second-order valence-corrected chi connectivity index (χ2v) is 3.97. The van der Waals surface area contributed by atoms with Crippen LogP contribution in [0.5, 0.6) is 0 Å². The lowest BCUT2D eigenvalue weighted by Crippen LogP contribution is -2.12. The lowest BCUT2D eigenvalue weighted by Gasteiger charge is -2.00. The SMILES string of the molecule is CCNCCC=Cc1cc(C)cc(C)c1. The van der Waals surface area contributed by atoms with Crippen molar-refractivity contribution in [3.8, 4) is 0 Å². The molecule has 0 unspecified atom stereocenters. The number of aryl methyl sites for hydroxylation is 2. The fourth-order valence-corrected chi connectivity index (χ4v) is 1.69. The van der Waals surface area contributed by atoms with Gasteiger partial charge in [-0.05, 0) is 38.9 Å². The van der Waals surface area contributed by atoms with Gasteiger partial charge >= 0.3 is 0 Å². The van der Waals surface area contributed by atoms with Crippen LogP contribution in [0.25, 0.3) is 6.08 Å². The maximum atomic E-state index is 3.31. The van der Waals surface area contributed by atoms with Crippen LogP contribution in [0.3, 0.4) is 0 Å². The molecule has 1 rings (SSSR count). The normalized spacial score (nSPS) is 11.1. The fourth-order valence-electron chi connectivity index (χ4n) is 1.69. The molecule has 1 aromatic rings. The molecule has 0 saturated carbocycles. The third-order valence-electron chi connectivity index (χ3n) is 2.29. The van der Waals surface area contributed by atoms with Crippen LogP contribution in [0, 0.1) is 13.8 Å². The average Bonchev–Trinajstić information content (AvgIpc) is 2.16. The number of rotatable bonds is 5. The number of hydrogen-bond donors (Lipinski definition) is 1. The summed E-state index contributed by atoms with van der Waals surface area (Å²) in [5, 5.41) is 3.31. The van der Waals surface area contributed by atoms with E-state index >= 15 is 0 Å². The highest BCUT2D eigenvalue weighted by molar-refractivity contribution is 5.51. The van der Waals surface area contributed by atoms with Crippen molar-refractivity contribution in [3.63, 3.8) is 0 Å². The second kappa shape index (κ2) is 6.41. The minimum atomic E-state index is 1.05. The van der Waals surface area contributed by atoms with Crippen molar-refractivity contribution in [2.45, 2.75) is 27.2 Å². The van der Waals surface area contributed by atoms with Crippen LogP contribution in [0.15, 0.2) is 24.3 Å². The molecule has 82 valence electrons. The molecule has 0 spiro atoms. The van der Waals surface area contributed by atoms with E-state index in [1.54, 1.807) is 0 Å². The number of benzene rings is 1. The molecule has 1 aromatic carbocycles. The molecule has 1 heteroatoms. The van der Waals surface area contributed by atoms with E-state index in [1.807, 2.05) is 0 Å². The molecule has 0 bridgehead atoms. The van der Waals surface area contributed by atoms with Gasteiger partial charge in [0.1, 0.15) is 0 Å². The lowest BCUT2D eigenvalue weighted by atomic mass is 10.1. The van der Waals surface area contributed by atoms with Gasteiger partial charge in [0.05, 0.1) is 0 Å². The highest BCUT2D eigenvalue weighted by Crippen LogP contribution is 2.10. The van der Waals surface area contributed by atoms with Crippen LogP contribution in [0.2, 0.25) is 0 Å². The first-order valence-corrected chi connectivity index (χ1v) is 5.68. The Morgan fingerprint density at radius 1 is 1.13 bits per heavy atom. The van der Waals surface area contributed by atoms with Crippen molar-refractivity contribution < 1.29 is 0 Å². The van der Waals surface area contributed by atoms with Crippen molar-refractivity contribution in [3.05, 3.63) is 41.0 Å². The highest BCUT2D eigenvalue weighted by atomic mass is 14.8. The largest absolute Gasteiger partial charge is 0.317 e. The third kappa shape index (κ3) is 4.80. The summed E-state index contributed by atoms with van der Waals surface area (Å²) in [5.41, 5.74) is 3.98. The summed E-state index contributed by atoms with van der Waals surface area (Å²) in [6, 6.07) is 6.64. The minimum absolute atomic E-state index is 1.05. The molecule has 0 fully saturated rings. The van der Waals surface area contributed by atoms with Gasteiger partial charge in [-0.3, -0.25) is 0 Å². The van der Waals surface area contributed by atoms with Gasteiger partial charge in [0.2, 0.25) is 0 Å². The maximum absolute atomic E-state index is 3.31. The summed E-state index contributed by atoms with van der Waals surface area (Å²) >= 11 is 0. The Hall–Kier alpha value is -1.08. The van der Waals surface area contributed by atoms with Crippen molar-refractivity contribution in [1.29, 1.82) is 0 Å². The summed E-state index contributed by atoms with van der Waals surface area (Å²) in [6.07, 6.45) is 5.54. The topological polar surface area (TPSA) is 12.0 Å². The van der Waals surface area contributed by atoms with Gasteiger partial charge in [0.25, 0.3) is 0 Å². The zero-order chi connectivity index (χ0) is 11.1. The molecule has 0 aliphatic rings. The van der Waals surface area contributed by atoms with Crippen molar-refractivity contribution in [2.24, 2.45) is 0 Å². The first-order valence-electron chi connectivity index (χ1n) is 5.68. The van der Waals surface area contributed by atoms with Crippen molar-refractivity contribution >= 4 is 6.08 Å². The maximum Gasteiger partial charge on any atom is -0.00143 e. The van der Waals surface area contributed by atoms with E-state index in [0.717, 1.165) is 19.5 Å². The van der Waals surface area contributed by atoms with Crippen LogP contribution >= 0.6 is 0 Å². The summed E-state index contributed by atoms with van der Waals surface area (Å²) < 4.78 is 0. The number of nitrogens with one attached hydrogen (secondary N) is 1. The Labute approximate surface area is 93.2 Å². The summed E-state index contributed by atoms with van der Waals surface area (Å²) in [4.78, 5) is 0. The molecular formula is C14H21N. The Morgan fingerprint density at radius 3 is 2.40 bits per heavy atom. The molecular weight excluding hydrogens is 182 g/mol. The molecule has 0 amide bonds. The minimum Gasteiger partial charge on any atom is -0.317 e. The molecule has 15 heavy (non-hydrogen) atoms. The standard InChI is InChI=1S/C14H21N/c1-4-15-8-6-5-7-14-10-12(2)9-13(3)11-14/h5,7,9-11,15H,4,6,8H2,1-3H3. The second-order valence-electron chi connectivity index (χ2n) is 3.97. The Morgan fingerprint density at radius 2 is 1.80 bits per heavy atom. The Kier molecular flexibility index (Phi) is 5.13. The smallest absolute Gasteiger partial charge is 0.00143 e. The summed E-state index contributed by atoms with van der Waals surface area (Å²) in [6.45, 7) is 8.54. The first-order chi connectivity index (χ1) is 7.22. The molecule has 1 nitrogen and oxygen atoms in total. The van der Waals surface area contributed by atoms with E-state index in [4.69, 9.17) is 0 Å². The zero-order valence-electron chi connectivity index (χ0n) is 10.0. The molecule has 0 aliphatic heterocycles. The van der Waals surface area contributed by atoms with E-state index in [0.29, 0.717) is 0 Å². The highest BCUT2D eigenvalue weighted by Gasteiger charge is 1.91. The molecule has 1 N–H and O–H groups in total. The van der Waals surface area contributed by atoms with Crippen molar-refractivity contribution in [1.82, 2.24) is 5.32 Å². The monoisotopic (exact) mass is 203 g/mol. The van der Waals surface area contributed by atoms with E-state index in [1.165, 1.54) is 16.7 Å². The van der Waals surface area contributed by atoms with Gasteiger partial charge in [-0.25, -0.2) is 0 Å². The summed E-state index contributed by atoms with van der Waals surface area (Å²) in [5.74, 6) is 0. The van der Waals surface area contributed by atoms with E-state index in [-0.39, 0.29) is 0 Å². The van der Waals surface area contributed by atoms with Crippen molar-refractivity contribution in [2.75, 3.05) is 13.1 Å².